The Kier molecular flexibility index (Phi) is 10.2. The third-order valence-electron chi connectivity index (χ3n) is 7.52. The van der Waals surface area contributed by atoms with E-state index in [1.165, 1.54) is 6.33 Å². The number of nitrogens with zero attached hydrogens (tertiary/aromatic N) is 6. The van der Waals surface area contributed by atoms with Gasteiger partial charge in [0.05, 0.1) is 49.3 Å². The molecule has 0 bridgehead atoms. The summed E-state index contributed by atoms with van der Waals surface area (Å²) in [4.78, 5) is 28.0. The number of anilines is 1. The summed E-state index contributed by atoms with van der Waals surface area (Å²) in [5.74, 6) is 6.80. The first-order valence-electron chi connectivity index (χ1n) is 15.1. The number of phenols is 1. The van der Waals surface area contributed by atoms with Gasteiger partial charge in [0.2, 0.25) is 0 Å². The summed E-state index contributed by atoms with van der Waals surface area (Å²) in [5.41, 5.74) is 9.33. The van der Waals surface area contributed by atoms with Crippen molar-refractivity contribution in [2.45, 2.75) is 13.1 Å². The molecule has 12 nitrogen and oxygen atoms in total. The fraction of sp³-hybridized carbons (Fsp3) is 0.229. The molecule has 0 unspecified atom stereocenters. The molecule has 0 aliphatic rings. The summed E-state index contributed by atoms with van der Waals surface area (Å²) < 4.78 is 19.1. The van der Waals surface area contributed by atoms with Crippen LogP contribution < -0.4 is 11.3 Å². The van der Waals surface area contributed by atoms with Gasteiger partial charge in [-0.3, -0.25) is 9.36 Å². The van der Waals surface area contributed by atoms with Crippen LogP contribution in [0.15, 0.2) is 77.9 Å². The fourth-order valence-electron chi connectivity index (χ4n) is 5.24. The molecule has 48 heavy (non-hydrogen) atoms. The van der Waals surface area contributed by atoms with Crippen LogP contribution in [-0.4, -0.2) is 74.6 Å². The number of halogens is 1. The lowest BCUT2D eigenvalue weighted by Crippen LogP contribution is -2.28. The van der Waals surface area contributed by atoms with Crippen molar-refractivity contribution in [1.29, 1.82) is 0 Å². The highest BCUT2D eigenvalue weighted by Crippen LogP contribution is 2.32. The number of rotatable bonds is 12. The first kappa shape index (κ1) is 32.6. The maximum atomic E-state index is 14.4. The average Bonchev–Trinajstić information content (AvgIpc) is 3.46. The summed E-state index contributed by atoms with van der Waals surface area (Å²) in [6.07, 6.45) is 1.36. The molecule has 6 rings (SSSR count). The van der Waals surface area contributed by atoms with Crippen molar-refractivity contribution < 1.29 is 19.3 Å². The average molecular weight is 666 g/mol. The number of nitrogens with two attached hydrogens (primary N) is 1. The maximum absolute atomic E-state index is 14.4. The van der Waals surface area contributed by atoms with Gasteiger partial charge in [-0.1, -0.05) is 59.8 Å². The van der Waals surface area contributed by atoms with Crippen LogP contribution in [0.1, 0.15) is 17.0 Å². The van der Waals surface area contributed by atoms with Gasteiger partial charge in [-0.05, 0) is 35.9 Å². The molecule has 0 spiro atoms. The second-order valence-electron chi connectivity index (χ2n) is 10.7. The number of methoxy groups -OCH3 is 1. The number of phenolic OH excluding ortho intramolecular Hbond substituents is 1. The molecule has 6 aromatic rings. The molecule has 0 amide bonds. The Hall–Kier alpha value is -5.32. The summed E-state index contributed by atoms with van der Waals surface area (Å²) in [6, 6.07) is 19.4. The van der Waals surface area contributed by atoms with Gasteiger partial charge in [-0.25, -0.2) is 19.6 Å². The number of fused-ring (bicyclic) bond motifs is 2. The van der Waals surface area contributed by atoms with Crippen molar-refractivity contribution >= 4 is 39.4 Å². The summed E-state index contributed by atoms with van der Waals surface area (Å²) in [7, 11) is 1.62. The van der Waals surface area contributed by atoms with Crippen LogP contribution in [0.4, 0.5) is 5.82 Å². The highest BCUT2D eigenvalue weighted by molar-refractivity contribution is 6.31. The number of benzene rings is 3. The van der Waals surface area contributed by atoms with Crippen molar-refractivity contribution in [3.8, 4) is 28.8 Å². The SMILES string of the molecule is COCCOCCOCC#Cc1cccc2nc(Cn3nc(-c4cccc(O)c4)c4c(N)ncnc43)n(Cc3ccccc3Cl)c(=O)c12. The Morgan fingerprint density at radius 1 is 0.938 bits per heavy atom. The van der Waals surface area contributed by atoms with E-state index in [0.717, 1.165) is 5.56 Å². The lowest BCUT2D eigenvalue weighted by atomic mass is 10.1. The van der Waals surface area contributed by atoms with Gasteiger partial charge in [-0.2, -0.15) is 5.10 Å². The lowest BCUT2D eigenvalue weighted by molar-refractivity contribution is 0.0324. The van der Waals surface area contributed by atoms with Crippen LogP contribution in [0.5, 0.6) is 5.75 Å². The predicted octanol–water partition coefficient (Wildman–Crippen LogP) is 4.27. The molecule has 0 saturated heterocycles. The van der Waals surface area contributed by atoms with Crippen LogP contribution >= 0.6 is 11.6 Å². The van der Waals surface area contributed by atoms with Gasteiger partial charge < -0.3 is 25.1 Å². The van der Waals surface area contributed by atoms with Gasteiger partial charge in [-0.15, -0.1) is 0 Å². The van der Waals surface area contributed by atoms with Crippen molar-refractivity contribution in [1.82, 2.24) is 29.3 Å². The van der Waals surface area contributed by atoms with E-state index in [1.54, 1.807) is 52.8 Å². The fourth-order valence-corrected chi connectivity index (χ4v) is 5.44. The van der Waals surface area contributed by atoms with Crippen molar-refractivity contribution in [3.63, 3.8) is 0 Å². The van der Waals surface area contributed by atoms with E-state index in [1.807, 2.05) is 30.3 Å². The molecule has 0 saturated carbocycles. The molecule has 3 aromatic carbocycles. The van der Waals surface area contributed by atoms with Crippen LogP contribution in [-0.2, 0) is 27.3 Å². The topological polar surface area (TPSA) is 152 Å². The monoisotopic (exact) mass is 665 g/mol. The summed E-state index contributed by atoms with van der Waals surface area (Å²) in [6.45, 7) is 2.22. The number of nitrogen functional groups attached to an aromatic ring is 1. The standard InChI is InChI=1S/C35H32ClN7O5/c1-46-15-16-48-18-17-47-14-6-10-23-8-5-13-28-30(23)35(45)42(20-25-7-2-3-12-27(25)36)29(40-28)21-43-34-31(33(37)38-22-39-34)32(41-43)24-9-4-11-26(44)19-24/h2-5,7-9,11-13,19,22,44H,14-18,20-21H2,1H3,(H2,37,38,39). The van der Waals surface area contributed by atoms with E-state index in [0.29, 0.717) is 76.0 Å². The van der Waals surface area contributed by atoms with E-state index in [9.17, 15) is 9.90 Å². The van der Waals surface area contributed by atoms with Crippen molar-refractivity contribution in [3.05, 3.63) is 105 Å². The molecule has 3 N–H and O–H groups in total. The second kappa shape index (κ2) is 15.1. The van der Waals surface area contributed by atoms with Crippen molar-refractivity contribution in [2.75, 3.05) is 45.9 Å². The minimum absolute atomic E-state index is 0.0671. The summed E-state index contributed by atoms with van der Waals surface area (Å²) in [5, 5.41) is 16.4. The smallest absolute Gasteiger partial charge is 0.263 e. The molecule has 0 aliphatic heterocycles. The highest BCUT2D eigenvalue weighted by atomic mass is 35.5. The number of hydrogen-bond donors (Lipinski definition) is 2. The Morgan fingerprint density at radius 3 is 2.58 bits per heavy atom. The summed E-state index contributed by atoms with van der Waals surface area (Å²) >= 11 is 6.56. The minimum atomic E-state index is -0.286. The Morgan fingerprint density at radius 2 is 1.75 bits per heavy atom. The van der Waals surface area contributed by atoms with E-state index in [4.69, 9.17) is 41.6 Å². The molecular weight excluding hydrogens is 634 g/mol. The third-order valence-corrected chi connectivity index (χ3v) is 7.89. The van der Waals surface area contributed by atoms with Crippen LogP contribution in [0.2, 0.25) is 5.02 Å². The number of hydrogen-bond acceptors (Lipinski definition) is 10. The second-order valence-corrected chi connectivity index (χ2v) is 11.1. The number of ether oxygens (including phenoxy) is 3. The molecule has 0 atom stereocenters. The minimum Gasteiger partial charge on any atom is -0.508 e. The van der Waals surface area contributed by atoms with E-state index >= 15 is 0 Å². The predicted molar refractivity (Wildman–Crippen MR) is 183 cm³/mol. The zero-order chi connectivity index (χ0) is 33.5. The molecule has 3 heterocycles. The Bertz CT molecular complexity index is 2210. The maximum Gasteiger partial charge on any atom is 0.263 e. The van der Waals surface area contributed by atoms with E-state index < -0.39 is 0 Å². The zero-order valence-corrected chi connectivity index (χ0v) is 26.9. The van der Waals surface area contributed by atoms with Gasteiger partial charge in [0.25, 0.3) is 5.56 Å². The molecule has 0 fully saturated rings. The molecule has 3 aromatic heterocycles. The van der Waals surface area contributed by atoms with Gasteiger partial charge >= 0.3 is 0 Å². The van der Waals surface area contributed by atoms with Crippen LogP contribution in [0, 0.1) is 11.8 Å². The molecular formula is C35H32ClN7O5. The van der Waals surface area contributed by atoms with Gasteiger partial charge in [0, 0.05) is 23.3 Å². The van der Waals surface area contributed by atoms with Gasteiger partial charge in [0.1, 0.15) is 42.6 Å². The largest absolute Gasteiger partial charge is 0.508 e. The Labute approximate surface area is 280 Å². The van der Waals surface area contributed by atoms with Crippen molar-refractivity contribution in [2.24, 2.45) is 0 Å². The number of aromatic nitrogens is 6. The van der Waals surface area contributed by atoms with E-state index in [2.05, 4.69) is 21.8 Å². The zero-order valence-electron chi connectivity index (χ0n) is 26.1. The van der Waals surface area contributed by atoms with E-state index in [-0.39, 0.29) is 36.8 Å². The molecule has 0 aliphatic carbocycles. The van der Waals surface area contributed by atoms with Gasteiger partial charge in [0.15, 0.2) is 5.65 Å². The highest BCUT2D eigenvalue weighted by Gasteiger charge is 2.21. The third kappa shape index (κ3) is 7.15. The first-order valence-corrected chi connectivity index (χ1v) is 15.5. The quantitative estimate of drug-likeness (QED) is 0.143. The molecule has 0 radical (unpaired) electrons. The molecule has 244 valence electrons. The normalized spacial score (nSPS) is 11.2. The number of aromatic hydroxyl groups is 1. The van der Waals surface area contributed by atoms with Crippen LogP contribution in [0.3, 0.4) is 0 Å². The lowest BCUT2D eigenvalue weighted by Gasteiger charge is -2.15. The molecule has 13 heteroatoms. The first-order chi connectivity index (χ1) is 23.4. The Balaban J connectivity index is 1.40. The van der Waals surface area contributed by atoms with Crippen LogP contribution in [0.25, 0.3) is 33.2 Å².